The molecule has 0 aromatic rings. The van der Waals surface area contributed by atoms with Gasteiger partial charge in [0.15, 0.2) is 0 Å². The van der Waals surface area contributed by atoms with E-state index in [0.717, 1.165) is 6.54 Å². The van der Waals surface area contributed by atoms with Gasteiger partial charge in [-0.15, -0.1) is 0 Å². The number of methoxy groups -OCH3 is 1. The van der Waals surface area contributed by atoms with Crippen LogP contribution in [0.2, 0.25) is 0 Å². The molecular formula is C10H22N2O. The fourth-order valence-electron chi connectivity index (χ4n) is 2.00. The van der Waals surface area contributed by atoms with Crippen LogP contribution in [0.15, 0.2) is 0 Å². The van der Waals surface area contributed by atoms with Crippen molar-refractivity contribution in [2.24, 2.45) is 5.73 Å². The molecule has 3 nitrogen and oxygen atoms in total. The second kappa shape index (κ2) is 5.58. The maximum atomic E-state index is 5.91. The van der Waals surface area contributed by atoms with Crippen LogP contribution in [0.4, 0.5) is 0 Å². The Morgan fingerprint density at radius 2 is 2.31 bits per heavy atom. The van der Waals surface area contributed by atoms with E-state index in [1.807, 2.05) is 0 Å². The van der Waals surface area contributed by atoms with Crippen LogP contribution in [0.3, 0.4) is 0 Å². The number of ether oxygens (including phenoxy) is 1. The number of piperidine rings is 1. The first-order valence-electron chi connectivity index (χ1n) is 5.22. The highest BCUT2D eigenvalue weighted by atomic mass is 16.5. The minimum Gasteiger partial charge on any atom is -0.383 e. The molecule has 2 unspecified atom stereocenters. The summed E-state index contributed by atoms with van der Waals surface area (Å²) in [4.78, 5) is 2.48. The second-order valence-electron chi connectivity index (χ2n) is 4.06. The van der Waals surface area contributed by atoms with E-state index in [1.165, 1.54) is 25.8 Å². The molecule has 13 heavy (non-hydrogen) atoms. The van der Waals surface area contributed by atoms with Crippen molar-refractivity contribution in [1.82, 2.24) is 4.90 Å². The molecule has 0 bridgehead atoms. The van der Waals surface area contributed by atoms with E-state index in [4.69, 9.17) is 10.5 Å². The van der Waals surface area contributed by atoms with E-state index in [0.29, 0.717) is 12.6 Å². The Kier molecular flexibility index (Phi) is 4.70. The topological polar surface area (TPSA) is 38.5 Å². The summed E-state index contributed by atoms with van der Waals surface area (Å²) >= 11 is 0. The highest BCUT2D eigenvalue weighted by molar-refractivity contribution is 4.76. The van der Waals surface area contributed by atoms with Gasteiger partial charge in [-0.2, -0.15) is 0 Å². The smallest absolute Gasteiger partial charge is 0.0626 e. The third-order valence-electron chi connectivity index (χ3n) is 2.79. The molecule has 0 spiro atoms. The molecule has 1 fully saturated rings. The van der Waals surface area contributed by atoms with Crippen LogP contribution in [0.5, 0.6) is 0 Å². The Labute approximate surface area is 81.2 Å². The SMILES string of the molecule is COCC(N)CN1CCCCC1C. The van der Waals surface area contributed by atoms with Crippen LogP contribution >= 0.6 is 0 Å². The van der Waals surface area contributed by atoms with Crippen molar-refractivity contribution in [3.8, 4) is 0 Å². The molecule has 1 aliphatic rings. The first kappa shape index (κ1) is 11.0. The fraction of sp³-hybridized carbons (Fsp3) is 1.00. The molecule has 1 heterocycles. The average molecular weight is 186 g/mol. The van der Waals surface area contributed by atoms with Gasteiger partial charge in [0, 0.05) is 25.7 Å². The summed E-state index contributed by atoms with van der Waals surface area (Å²) in [6.07, 6.45) is 4.01. The molecule has 2 N–H and O–H groups in total. The summed E-state index contributed by atoms with van der Waals surface area (Å²) in [5, 5.41) is 0. The van der Waals surface area contributed by atoms with Crippen LogP contribution in [0.1, 0.15) is 26.2 Å². The number of hydrogen-bond donors (Lipinski definition) is 1. The van der Waals surface area contributed by atoms with E-state index in [-0.39, 0.29) is 6.04 Å². The predicted octanol–water partition coefficient (Wildman–Crippen LogP) is 0.834. The molecule has 0 aromatic carbocycles. The van der Waals surface area contributed by atoms with Crippen LogP contribution < -0.4 is 5.73 Å². The van der Waals surface area contributed by atoms with Gasteiger partial charge in [-0.05, 0) is 26.3 Å². The van der Waals surface area contributed by atoms with E-state index >= 15 is 0 Å². The lowest BCUT2D eigenvalue weighted by Gasteiger charge is -2.34. The van der Waals surface area contributed by atoms with Crippen molar-refractivity contribution in [1.29, 1.82) is 0 Å². The van der Waals surface area contributed by atoms with E-state index in [9.17, 15) is 0 Å². The number of hydrogen-bond acceptors (Lipinski definition) is 3. The lowest BCUT2D eigenvalue weighted by atomic mass is 10.0. The van der Waals surface area contributed by atoms with Crippen molar-refractivity contribution in [3.05, 3.63) is 0 Å². The third kappa shape index (κ3) is 3.63. The molecular weight excluding hydrogens is 164 g/mol. The first-order chi connectivity index (χ1) is 6.24. The largest absolute Gasteiger partial charge is 0.383 e. The number of rotatable bonds is 4. The number of likely N-dealkylation sites (tertiary alicyclic amines) is 1. The molecule has 0 saturated carbocycles. The van der Waals surface area contributed by atoms with E-state index in [1.54, 1.807) is 7.11 Å². The lowest BCUT2D eigenvalue weighted by molar-refractivity contribution is 0.116. The van der Waals surface area contributed by atoms with Crippen molar-refractivity contribution in [3.63, 3.8) is 0 Å². The van der Waals surface area contributed by atoms with Crippen LogP contribution in [0, 0.1) is 0 Å². The molecule has 78 valence electrons. The zero-order chi connectivity index (χ0) is 9.68. The maximum absolute atomic E-state index is 5.91. The Bertz CT molecular complexity index is 141. The van der Waals surface area contributed by atoms with E-state index in [2.05, 4.69) is 11.8 Å². The summed E-state index contributed by atoms with van der Waals surface area (Å²) in [7, 11) is 1.71. The van der Waals surface area contributed by atoms with Gasteiger partial charge in [-0.1, -0.05) is 6.42 Å². The summed E-state index contributed by atoms with van der Waals surface area (Å²) in [5.74, 6) is 0. The van der Waals surface area contributed by atoms with Crippen LogP contribution in [0.25, 0.3) is 0 Å². The second-order valence-corrected chi connectivity index (χ2v) is 4.06. The Balaban J connectivity index is 2.25. The van der Waals surface area contributed by atoms with Crippen LogP contribution in [-0.2, 0) is 4.74 Å². The average Bonchev–Trinajstić information content (AvgIpc) is 2.09. The van der Waals surface area contributed by atoms with Crippen molar-refractivity contribution >= 4 is 0 Å². The van der Waals surface area contributed by atoms with Gasteiger partial charge < -0.3 is 10.5 Å². The molecule has 1 rings (SSSR count). The Morgan fingerprint density at radius 1 is 1.54 bits per heavy atom. The minimum atomic E-state index is 0.172. The predicted molar refractivity (Wildman–Crippen MR) is 54.7 cm³/mol. The molecule has 0 amide bonds. The zero-order valence-corrected chi connectivity index (χ0v) is 8.83. The minimum absolute atomic E-state index is 0.172. The monoisotopic (exact) mass is 186 g/mol. The normalized spacial score (nSPS) is 27.5. The van der Waals surface area contributed by atoms with Gasteiger partial charge in [0.25, 0.3) is 0 Å². The highest BCUT2D eigenvalue weighted by Crippen LogP contribution is 2.15. The van der Waals surface area contributed by atoms with Gasteiger partial charge >= 0.3 is 0 Å². The lowest BCUT2D eigenvalue weighted by Crippen LogP contribution is -2.46. The Hall–Kier alpha value is -0.120. The standard InChI is InChI=1S/C10H22N2O/c1-9-5-3-4-6-12(9)7-10(11)8-13-2/h9-10H,3-8,11H2,1-2H3. The van der Waals surface area contributed by atoms with E-state index < -0.39 is 0 Å². The molecule has 1 saturated heterocycles. The molecule has 0 radical (unpaired) electrons. The van der Waals surface area contributed by atoms with Crippen molar-refractivity contribution in [2.45, 2.75) is 38.3 Å². The maximum Gasteiger partial charge on any atom is 0.0626 e. The third-order valence-corrected chi connectivity index (χ3v) is 2.79. The summed E-state index contributed by atoms with van der Waals surface area (Å²) < 4.78 is 5.03. The van der Waals surface area contributed by atoms with Crippen molar-refractivity contribution < 1.29 is 4.74 Å². The molecule has 1 aliphatic heterocycles. The number of nitrogens with two attached hydrogens (primary N) is 1. The molecule has 0 aromatic heterocycles. The summed E-state index contributed by atoms with van der Waals surface area (Å²) in [6, 6.07) is 0.877. The molecule has 3 heteroatoms. The first-order valence-corrected chi connectivity index (χ1v) is 5.22. The quantitative estimate of drug-likeness (QED) is 0.707. The Morgan fingerprint density at radius 3 is 2.92 bits per heavy atom. The summed E-state index contributed by atoms with van der Waals surface area (Å²) in [6.45, 7) is 5.15. The van der Waals surface area contributed by atoms with Gasteiger partial charge in [0.1, 0.15) is 0 Å². The zero-order valence-electron chi connectivity index (χ0n) is 8.83. The van der Waals surface area contributed by atoms with Crippen LogP contribution in [-0.4, -0.2) is 43.8 Å². The van der Waals surface area contributed by atoms with Gasteiger partial charge in [0.05, 0.1) is 6.61 Å². The van der Waals surface area contributed by atoms with Gasteiger partial charge in [-0.3, -0.25) is 4.90 Å². The fourth-order valence-corrected chi connectivity index (χ4v) is 2.00. The number of nitrogens with zero attached hydrogens (tertiary/aromatic N) is 1. The van der Waals surface area contributed by atoms with Gasteiger partial charge in [0.2, 0.25) is 0 Å². The van der Waals surface area contributed by atoms with Gasteiger partial charge in [-0.25, -0.2) is 0 Å². The molecule has 2 atom stereocenters. The summed E-state index contributed by atoms with van der Waals surface area (Å²) in [5.41, 5.74) is 5.91. The molecule has 0 aliphatic carbocycles. The highest BCUT2D eigenvalue weighted by Gasteiger charge is 2.19. The van der Waals surface area contributed by atoms with Crippen molar-refractivity contribution in [2.75, 3.05) is 26.8 Å².